The van der Waals surface area contributed by atoms with Crippen LogP contribution in [0.2, 0.25) is 5.02 Å². The van der Waals surface area contributed by atoms with E-state index in [-0.39, 0.29) is 11.8 Å². The van der Waals surface area contributed by atoms with E-state index in [0.717, 1.165) is 5.56 Å². The molecule has 0 bridgehead atoms. The number of carbonyl (C=O) groups is 1. The third-order valence-corrected chi connectivity index (χ3v) is 4.52. The fraction of sp³-hybridized carbons (Fsp3) is 0. The van der Waals surface area contributed by atoms with E-state index < -0.39 is 0 Å². The van der Waals surface area contributed by atoms with E-state index in [2.05, 4.69) is 20.4 Å². The summed E-state index contributed by atoms with van der Waals surface area (Å²) in [4.78, 5) is 21.0. The number of amides is 1. The first-order valence-corrected chi connectivity index (χ1v) is 8.86. The molecule has 0 aliphatic heterocycles. The van der Waals surface area contributed by atoms with Crippen molar-refractivity contribution >= 4 is 34.0 Å². The van der Waals surface area contributed by atoms with Gasteiger partial charge in [-0.25, -0.2) is 4.98 Å². The van der Waals surface area contributed by atoms with Gasteiger partial charge in [-0.2, -0.15) is 4.98 Å². The van der Waals surface area contributed by atoms with Crippen molar-refractivity contribution in [1.82, 2.24) is 15.1 Å². The molecule has 0 aliphatic carbocycles. The number of aromatic nitrogens is 3. The molecule has 2 heterocycles. The lowest BCUT2D eigenvalue weighted by molar-refractivity contribution is 0.102. The van der Waals surface area contributed by atoms with Gasteiger partial charge in [0, 0.05) is 22.2 Å². The zero-order valence-corrected chi connectivity index (χ0v) is 14.8. The molecule has 26 heavy (non-hydrogen) atoms. The van der Waals surface area contributed by atoms with Crippen LogP contribution in [0.1, 0.15) is 10.4 Å². The molecule has 0 saturated carbocycles. The van der Waals surface area contributed by atoms with Crippen LogP contribution >= 0.6 is 22.9 Å². The van der Waals surface area contributed by atoms with E-state index in [1.807, 2.05) is 6.07 Å². The molecule has 0 saturated heterocycles. The quantitative estimate of drug-likeness (QED) is 0.550. The van der Waals surface area contributed by atoms with Gasteiger partial charge in [0.15, 0.2) is 5.13 Å². The summed E-state index contributed by atoms with van der Waals surface area (Å²) in [5.41, 5.74) is 1.75. The van der Waals surface area contributed by atoms with Gasteiger partial charge >= 0.3 is 0 Å². The minimum Gasteiger partial charge on any atom is -0.334 e. The molecule has 1 N–H and O–H groups in total. The number of anilines is 1. The van der Waals surface area contributed by atoms with Gasteiger partial charge in [-0.05, 0) is 36.4 Å². The van der Waals surface area contributed by atoms with Gasteiger partial charge in [0.05, 0.1) is 11.1 Å². The molecule has 0 spiro atoms. The number of halogens is 1. The number of thiazole rings is 1. The van der Waals surface area contributed by atoms with E-state index in [0.29, 0.717) is 27.1 Å². The Labute approximate surface area is 157 Å². The molecule has 128 valence electrons. The topological polar surface area (TPSA) is 80.9 Å². The van der Waals surface area contributed by atoms with Crippen molar-refractivity contribution in [3.8, 4) is 22.8 Å². The Kier molecular flexibility index (Phi) is 4.47. The highest BCUT2D eigenvalue weighted by molar-refractivity contribution is 7.13. The Balaban J connectivity index is 1.66. The number of hydrogen-bond acceptors (Lipinski definition) is 6. The van der Waals surface area contributed by atoms with Crippen LogP contribution in [0, 0.1) is 0 Å². The van der Waals surface area contributed by atoms with Gasteiger partial charge in [-0.1, -0.05) is 28.9 Å². The monoisotopic (exact) mass is 382 g/mol. The van der Waals surface area contributed by atoms with Crippen molar-refractivity contribution in [3.63, 3.8) is 0 Å². The van der Waals surface area contributed by atoms with Crippen LogP contribution in [0.25, 0.3) is 22.8 Å². The summed E-state index contributed by atoms with van der Waals surface area (Å²) in [6, 6.07) is 14.2. The van der Waals surface area contributed by atoms with Crippen molar-refractivity contribution in [1.29, 1.82) is 0 Å². The molecule has 4 aromatic rings. The Morgan fingerprint density at radius 2 is 1.92 bits per heavy atom. The second-order valence-corrected chi connectivity index (χ2v) is 6.60. The molecule has 0 unspecified atom stereocenters. The molecule has 4 rings (SSSR count). The van der Waals surface area contributed by atoms with Crippen LogP contribution < -0.4 is 5.32 Å². The highest BCUT2D eigenvalue weighted by atomic mass is 35.5. The van der Waals surface area contributed by atoms with Crippen molar-refractivity contribution in [2.45, 2.75) is 0 Å². The summed E-state index contributed by atoms with van der Waals surface area (Å²) in [6.45, 7) is 0. The lowest BCUT2D eigenvalue weighted by Crippen LogP contribution is -2.12. The van der Waals surface area contributed by atoms with Crippen LogP contribution in [0.5, 0.6) is 0 Å². The Bertz CT molecular complexity index is 1050. The Morgan fingerprint density at radius 3 is 2.69 bits per heavy atom. The maximum Gasteiger partial charge on any atom is 0.259 e. The van der Waals surface area contributed by atoms with Gasteiger partial charge in [0.2, 0.25) is 5.82 Å². The van der Waals surface area contributed by atoms with Crippen molar-refractivity contribution in [2.75, 3.05) is 5.32 Å². The minimum absolute atomic E-state index is 0.264. The molecule has 0 aliphatic rings. The summed E-state index contributed by atoms with van der Waals surface area (Å²) in [5, 5.41) is 9.70. The molecule has 0 fully saturated rings. The number of carbonyl (C=O) groups excluding carboxylic acids is 1. The number of nitrogens with one attached hydrogen (secondary N) is 1. The second-order valence-electron chi connectivity index (χ2n) is 5.27. The number of hydrogen-bond donors (Lipinski definition) is 1. The van der Waals surface area contributed by atoms with Gasteiger partial charge in [-0.3, -0.25) is 10.1 Å². The van der Waals surface area contributed by atoms with Crippen LogP contribution in [0.3, 0.4) is 0 Å². The third-order valence-electron chi connectivity index (χ3n) is 3.58. The average Bonchev–Trinajstić information content (AvgIpc) is 3.34. The van der Waals surface area contributed by atoms with E-state index >= 15 is 0 Å². The molecule has 0 radical (unpaired) electrons. The van der Waals surface area contributed by atoms with Gasteiger partial charge in [0.25, 0.3) is 11.8 Å². The third kappa shape index (κ3) is 3.35. The highest BCUT2D eigenvalue weighted by Crippen LogP contribution is 2.26. The lowest BCUT2D eigenvalue weighted by atomic mass is 10.1. The summed E-state index contributed by atoms with van der Waals surface area (Å²) in [5.74, 6) is 0.397. The number of benzene rings is 2. The SMILES string of the molecule is O=C(Nc1nccs1)c1ccccc1-c1nc(-c2ccc(Cl)cc2)no1. The molecule has 0 atom stereocenters. The van der Waals surface area contributed by atoms with E-state index in [9.17, 15) is 4.79 Å². The van der Waals surface area contributed by atoms with Crippen molar-refractivity contribution < 1.29 is 9.32 Å². The Morgan fingerprint density at radius 1 is 1.12 bits per heavy atom. The zero-order valence-electron chi connectivity index (χ0n) is 13.2. The average molecular weight is 383 g/mol. The summed E-state index contributed by atoms with van der Waals surface area (Å²) in [6.07, 6.45) is 1.63. The molecular formula is C18H11ClN4O2S. The van der Waals surface area contributed by atoms with E-state index in [1.165, 1.54) is 11.3 Å². The fourth-order valence-corrected chi connectivity index (χ4v) is 3.02. The van der Waals surface area contributed by atoms with Gasteiger partial charge < -0.3 is 4.52 Å². The molecular weight excluding hydrogens is 372 g/mol. The van der Waals surface area contributed by atoms with Gasteiger partial charge in [-0.15, -0.1) is 11.3 Å². The molecule has 8 heteroatoms. The molecule has 2 aromatic carbocycles. The van der Waals surface area contributed by atoms with Crippen LogP contribution in [0.15, 0.2) is 64.6 Å². The van der Waals surface area contributed by atoms with Crippen LogP contribution in [-0.2, 0) is 0 Å². The fourth-order valence-electron chi connectivity index (χ4n) is 2.37. The summed E-state index contributed by atoms with van der Waals surface area (Å²) in [7, 11) is 0. The predicted molar refractivity (Wildman–Crippen MR) is 100 cm³/mol. The van der Waals surface area contributed by atoms with Crippen molar-refractivity contribution in [2.24, 2.45) is 0 Å². The van der Waals surface area contributed by atoms with Crippen LogP contribution in [0.4, 0.5) is 5.13 Å². The first-order chi connectivity index (χ1) is 12.7. The second kappa shape index (κ2) is 7.07. The minimum atomic E-state index is -0.290. The first-order valence-electron chi connectivity index (χ1n) is 7.60. The molecule has 2 aromatic heterocycles. The van der Waals surface area contributed by atoms with E-state index in [1.54, 1.807) is 54.0 Å². The smallest absolute Gasteiger partial charge is 0.259 e. The zero-order chi connectivity index (χ0) is 17.9. The normalized spacial score (nSPS) is 10.7. The number of rotatable bonds is 4. The van der Waals surface area contributed by atoms with Crippen molar-refractivity contribution in [3.05, 3.63) is 70.7 Å². The molecule has 1 amide bonds. The predicted octanol–water partition coefficient (Wildman–Crippen LogP) is 4.77. The summed E-state index contributed by atoms with van der Waals surface area (Å²) >= 11 is 7.25. The number of nitrogens with zero attached hydrogens (tertiary/aromatic N) is 3. The largest absolute Gasteiger partial charge is 0.334 e. The summed E-state index contributed by atoms with van der Waals surface area (Å²) < 4.78 is 5.37. The molecule has 6 nitrogen and oxygen atoms in total. The van der Waals surface area contributed by atoms with Crippen LogP contribution in [-0.4, -0.2) is 21.0 Å². The lowest BCUT2D eigenvalue weighted by Gasteiger charge is -2.05. The maximum absolute atomic E-state index is 12.6. The highest BCUT2D eigenvalue weighted by Gasteiger charge is 2.18. The first kappa shape index (κ1) is 16.4. The maximum atomic E-state index is 12.6. The standard InChI is InChI=1S/C18H11ClN4O2S/c19-12-7-5-11(6-8-12)15-21-17(25-23-15)14-4-2-1-3-13(14)16(24)22-18-20-9-10-26-18/h1-10H,(H,20,22,24). The Hall–Kier alpha value is -3.03. The van der Waals surface area contributed by atoms with Gasteiger partial charge in [0.1, 0.15) is 0 Å². The van der Waals surface area contributed by atoms with E-state index in [4.69, 9.17) is 16.1 Å².